The Morgan fingerprint density at radius 3 is 2.85 bits per heavy atom. The Balaban J connectivity index is 2.18. The van der Waals surface area contributed by atoms with Crippen LogP contribution in [0.3, 0.4) is 0 Å². The predicted molar refractivity (Wildman–Crippen MR) is 73.1 cm³/mol. The van der Waals surface area contributed by atoms with Crippen LogP contribution in [0.5, 0.6) is 0 Å². The van der Waals surface area contributed by atoms with Gasteiger partial charge in [0.1, 0.15) is 11.6 Å². The fourth-order valence-electron chi connectivity index (χ4n) is 1.91. The van der Waals surface area contributed by atoms with Crippen LogP contribution in [0.25, 0.3) is 0 Å². The highest BCUT2D eigenvalue weighted by atomic mass is 16.6. The van der Waals surface area contributed by atoms with Gasteiger partial charge >= 0.3 is 0 Å². The van der Waals surface area contributed by atoms with Gasteiger partial charge in [-0.3, -0.25) is 14.8 Å². The van der Waals surface area contributed by atoms with Crippen LogP contribution in [-0.4, -0.2) is 14.7 Å². The largest absolute Gasteiger partial charge is 0.381 e. The average Bonchev–Trinajstić information content (AvgIpc) is 2.74. The summed E-state index contributed by atoms with van der Waals surface area (Å²) in [7, 11) is 1.84. The molecule has 0 fully saturated rings. The zero-order valence-corrected chi connectivity index (χ0v) is 11.1. The first-order valence-electron chi connectivity index (χ1n) is 5.93. The first-order valence-corrected chi connectivity index (χ1v) is 5.93. The van der Waals surface area contributed by atoms with E-state index in [0.717, 1.165) is 11.3 Å². The summed E-state index contributed by atoms with van der Waals surface area (Å²) in [6.45, 7) is 2.42. The Kier molecular flexibility index (Phi) is 3.66. The molecule has 1 aromatic heterocycles. The number of nitro benzene ring substituents is 1. The molecule has 0 radical (unpaired) electrons. The van der Waals surface area contributed by atoms with Gasteiger partial charge in [0.25, 0.3) is 5.69 Å². The van der Waals surface area contributed by atoms with E-state index >= 15 is 0 Å². The Bertz CT molecular complexity index is 699. The van der Waals surface area contributed by atoms with Gasteiger partial charge in [0.15, 0.2) is 0 Å². The molecule has 0 saturated heterocycles. The van der Waals surface area contributed by atoms with Gasteiger partial charge < -0.3 is 5.32 Å². The van der Waals surface area contributed by atoms with Crippen LogP contribution in [0.4, 0.5) is 11.4 Å². The Labute approximate surface area is 115 Å². The molecule has 0 spiro atoms. The average molecular weight is 271 g/mol. The lowest BCUT2D eigenvalue weighted by Crippen LogP contribution is -2.01. The molecule has 0 aliphatic heterocycles. The second kappa shape index (κ2) is 5.40. The van der Waals surface area contributed by atoms with E-state index in [-0.39, 0.29) is 11.3 Å². The van der Waals surface area contributed by atoms with Crippen LogP contribution in [0, 0.1) is 28.4 Å². The van der Waals surface area contributed by atoms with Crippen molar-refractivity contribution in [2.75, 3.05) is 5.32 Å². The second-order valence-electron chi connectivity index (χ2n) is 4.37. The Hall–Kier alpha value is -2.88. The number of aromatic nitrogens is 2. The van der Waals surface area contributed by atoms with Gasteiger partial charge in [-0.05, 0) is 19.1 Å². The van der Waals surface area contributed by atoms with Crippen LogP contribution < -0.4 is 5.32 Å². The standard InChI is InChI=1S/C13H13N5O2/c1-9-11(8-17(2)16-9)7-15-12-4-3-10(6-14)13(5-12)18(19)20/h3-5,8,15H,7H2,1-2H3. The Morgan fingerprint density at radius 2 is 2.30 bits per heavy atom. The third-order valence-electron chi connectivity index (χ3n) is 2.91. The van der Waals surface area contributed by atoms with E-state index < -0.39 is 4.92 Å². The number of hydrogen-bond acceptors (Lipinski definition) is 5. The first-order chi connectivity index (χ1) is 9.51. The molecule has 0 unspecified atom stereocenters. The maximum atomic E-state index is 10.9. The molecule has 0 amide bonds. The van der Waals surface area contributed by atoms with Crippen LogP contribution in [0.2, 0.25) is 0 Å². The molecule has 0 aliphatic carbocycles. The van der Waals surface area contributed by atoms with Crippen molar-refractivity contribution < 1.29 is 4.92 Å². The van der Waals surface area contributed by atoms with Gasteiger partial charge in [-0.1, -0.05) is 0 Å². The fourth-order valence-corrected chi connectivity index (χ4v) is 1.91. The van der Waals surface area contributed by atoms with Crippen LogP contribution in [-0.2, 0) is 13.6 Å². The summed E-state index contributed by atoms with van der Waals surface area (Å²) in [5.41, 5.74) is 2.38. The predicted octanol–water partition coefficient (Wildman–Crippen LogP) is 2.12. The molecule has 7 nitrogen and oxygen atoms in total. The first kappa shape index (κ1) is 13.5. The molecule has 0 bridgehead atoms. The maximum absolute atomic E-state index is 10.9. The number of nitro groups is 1. The van der Waals surface area contributed by atoms with Crippen LogP contribution in [0.15, 0.2) is 24.4 Å². The van der Waals surface area contributed by atoms with Gasteiger partial charge in [0, 0.05) is 37.1 Å². The molecule has 2 aromatic rings. The summed E-state index contributed by atoms with van der Waals surface area (Å²) in [5.74, 6) is 0. The van der Waals surface area contributed by atoms with Crippen LogP contribution >= 0.6 is 0 Å². The van der Waals surface area contributed by atoms with Crippen molar-refractivity contribution in [3.63, 3.8) is 0 Å². The molecule has 0 atom stereocenters. The number of rotatable bonds is 4. The molecule has 102 valence electrons. The number of nitriles is 1. The number of nitrogens with zero attached hydrogens (tertiary/aromatic N) is 4. The van der Waals surface area contributed by atoms with E-state index in [1.165, 1.54) is 12.1 Å². The number of aryl methyl sites for hydroxylation is 2. The van der Waals surface area contributed by atoms with Crippen molar-refractivity contribution in [2.45, 2.75) is 13.5 Å². The molecule has 20 heavy (non-hydrogen) atoms. The summed E-state index contributed by atoms with van der Waals surface area (Å²) in [5, 5.41) is 27.0. The zero-order chi connectivity index (χ0) is 14.7. The molecular weight excluding hydrogens is 258 g/mol. The molecule has 2 rings (SSSR count). The second-order valence-corrected chi connectivity index (χ2v) is 4.37. The molecule has 1 aromatic carbocycles. The van der Waals surface area contributed by atoms with E-state index in [4.69, 9.17) is 5.26 Å². The van der Waals surface area contributed by atoms with Crippen molar-refractivity contribution >= 4 is 11.4 Å². The SMILES string of the molecule is Cc1nn(C)cc1CNc1ccc(C#N)c([N+](=O)[O-])c1. The van der Waals surface area contributed by atoms with E-state index in [0.29, 0.717) is 12.2 Å². The molecule has 1 heterocycles. The highest BCUT2D eigenvalue weighted by Crippen LogP contribution is 2.23. The lowest BCUT2D eigenvalue weighted by atomic mass is 10.1. The lowest BCUT2D eigenvalue weighted by Gasteiger charge is -2.05. The molecule has 0 saturated carbocycles. The zero-order valence-electron chi connectivity index (χ0n) is 11.1. The summed E-state index contributed by atoms with van der Waals surface area (Å²) in [6.07, 6.45) is 1.89. The molecular formula is C13H13N5O2. The number of hydrogen-bond donors (Lipinski definition) is 1. The normalized spacial score (nSPS) is 10.1. The quantitative estimate of drug-likeness (QED) is 0.678. The van der Waals surface area contributed by atoms with Crippen LogP contribution in [0.1, 0.15) is 16.8 Å². The smallest absolute Gasteiger partial charge is 0.289 e. The van der Waals surface area contributed by atoms with Gasteiger partial charge in [0.2, 0.25) is 0 Å². The van der Waals surface area contributed by atoms with Crippen molar-refractivity contribution in [3.05, 3.63) is 51.3 Å². The van der Waals surface area contributed by atoms with Gasteiger partial charge in [-0.15, -0.1) is 0 Å². The van der Waals surface area contributed by atoms with Gasteiger partial charge in [-0.25, -0.2) is 0 Å². The van der Waals surface area contributed by atoms with Gasteiger partial charge in [0.05, 0.1) is 10.6 Å². The topological polar surface area (TPSA) is 96.8 Å². The van der Waals surface area contributed by atoms with Crippen molar-refractivity contribution in [3.8, 4) is 6.07 Å². The number of nitrogens with one attached hydrogen (secondary N) is 1. The minimum absolute atomic E-state index is 0.0538. The summed E-state index contributed by atoms with van der Waals surface area (Å²) in [4.78, 5) is 10.3. The highest BCUT2D eigenvalue weighted by Gasteiger charge is 2.14. The monoisotopic (exact) mass is 271 g/mol. The maximum Gasteiger partial charge on any atom is 0.289 e. The minimum Gasteiger partial charge on any atom is -0.381 e. The van der Waals surface area contributed by atoms with E-state index in [1.807, 2.05) is 26.2 Å². The molecule has 7 heteroatoms. The minimum atomic E-state index is -0.556. The number of benzene rings is 1. The third kappa shape index (κ3) is 2.75. The Morgan fingerprint density at radius 1 is 1.55 bits per heavy atom. The lowest BCUT2D eigenvalue weighted by molar-refractivity contribution is -0.385. The van der Waals surface area contributed by atoms with E-state index in [9.17, 15) is 10.1 Å². The van der Waals surface area contributed by atoms with E-state index in [2.05, 4.69) is 10.4 Å². The number of anilines is 1. The summed E-state index contributed by atoms with van der Waals surface area (Å²) in [6, 6.07) is 6.26. The summed E-state index contributed by atoms with van der Waals surface area (Å²) >= 11 is 0. The van der Waals surface area contributed by atoms with Crippen molar-refractivity contribution in [1.29, 1.82) is 5.26 Å². The summed E-state index contributed by atoms with van der Waals surface area (Å²) < 4.78 is 1.72. The van der Waals surface area contributed by atoms with E-state index in [1.54, 1.807) is 10.7 Å². The molecule has 0 aliphatic rings. The van der Waals surface area contributed by atoms with Crippen molar-refractivity contribution in [1.82, 2.24) is 9.78 Å². The molecule has 1 N–H and O–H groups in total. The third-order valence-corrected chi connectivity index (χ3v) is 2.91. The van der Waals surface area contributed by atoms with Gasteiger partial charge in [-0.2, -0.15) is 10.4 Å². The van der Waals surface area contributed by atoms with Crippen molar-refractivity contribution in [2.24, 2.45) is 7.05 Å². The highest BCUT2D eigenvalue weighted by molar-refractivity contribution is 5.59. The fraction of sp³-hybridized carbons (Fsp3) is 0.231.